The van der Waals surface area contributed by atoms with E-state index in [9.17, 15) is 0 Å². The lowest BCUT2D eigenvalue weighted by Crippen LogP contribution is -1.90. The van der Waals surface area contributed by atoms with Crippen LogP contribution in [0, 0.1) is 0 Å². The van der Waals surface area contributed by atoms with Crippen molar-refractivity contribution in [3.05, 3.63) is 89.5 Å². The highest BCUT2D eigenvalue weighted by Crippen LogP contribution is 2.36. The zero-order valence-electron chi connectivity index (χ0n) is 14.1. The van der Waals surface area contributed by atoms with Crippen molar-refractivity contribution in [2.75, 3.05) is 0 Å². The number of benzene rings is 3. The van der Waals surface area contributed by atoms with Gasteiger partial charge in [-0.2, -0.15) is 0 Å². The lowest BCUT2D eigenvalue weighted by molar-refractivity contribution is 0.887. The van der Waals surface area contributed by atoms with Gasteiger partial charge in [0.05, 0.1) is 0 Å². The maximum absolute atomic E-state index is 2.39. The number of allylic oxidation sites excluding steroid dienone is 1. The molecule has 0 spiro atoms. The van der Waals surface area contributed by atoms with Crippen LogP contribution in [0.2, 0.25) is 0 Å². The summed E-state index contributed by atoms with van der Waals surface area (Å²) in [5, 5.41) is 0. The standard InChI is InChI=1S/C24H22/c1-2-7-18-16-22-10-6-11-23(24(22)17-18)21-14-12-20(13-15-21)19-8-4-3-5-9-19/h3-6,8-16H,2,7,17H2,1H3. The summed E-state index contributed by atoms with van der Waals surface area (Å²) in [6.07, 6.45) is 5.93. The SMILES string of the molecule is CCCC1=Cc2cccc(-c3ccc(-c4ccccc4)cc3)c2C1. The van der Waals surface area contributed by atoms with Crippen LogP contribution < -0.4 is 0 Å². The highest BCUT2D eigenvalue weighted by Gasteiger charge is 2.16. The average molecular weight is 310 g/mol. The molecular formula is C24H22. The first-order chi connectivity index (χ1) is 11.8. The van der Waals surface area contributed by atoms with E-state index < -0.39 is 0 Å². The Morgan fingerprint density at radius 2 is 1.42 bits per heavy atom. The fourth-order valence-electron chi connectivity index (χ4n) is 3.66. The van der Waals surface area contributed by atoms with Crippen molar-refractivity contribution < 1.29 is 0 Å². The highest BCUT2D eigenvalue weighted by atomic mass is 14.2. The van der Waals surface area contributed by atoms with Gasteiger partial charge in [-0.15, -0.1) is 0 Å². The van der Waals surface area contributed by atoms with Gasteiger partial charge in [0.25, 0.3) is 0 Å². The molecule has 1 aliphatic rings. The Morgan fingerprint density at radius 1 is 0.708 bits per heavy atom. The van der Waals surface area contributed by atoms with Gasteiger partial charge in [0, 0.05) is 0 Å². The molecule has 0 aromatic heterocycles. The summed E-state index contributed by atoms with van der Waals surface area (Å²) >= 11 is 0. The summed E-state index contributed by atoms with van der Waals surface area (Å²) in [7, 11) is 0. The molecule has 4 rings (SSSR count). The van der Waals surface area contributed by atoms with E-state index in [2.05, 4.69) is 85.8 Å². The van der Waals surface area contributed by atoms with Gasteiger partial charge in [-0.1, -0.05) is 97.8 Å². The molecule has 1 aliphatic carbocycles. The van der Waals surface area contributed by atoms with E-state index in [1.54, 1.807) is 5.57 Å². The summed E-state index contributed by atoms with van der Waals surface area (Å²) in [5.74, 6) is 0. The third kappa shape index (κ3) is 2.80. The zero-order chi connectivity index (χ0) is 16.4. The second-order valence-electron chi connectivity index (χ2n) is 6.55. The molecule has 0 atom stereocenters. The highest BCUT2D eigenvalue weighted by molar-refractivity contribution is 5.78. The third-order valence-corrected chi connectivity index (χ3v) is 4.85. The smallest absolute Gasteiger partial charge is 0.00517 e. The zero-order valence-corrected chi connectivity index (χ0v) is 14.1. The van der Waals surface area contributed by atoms with Gasteiger partial charge >= 0.3 is 0 Å². The predicted octanol–water partition coefficient (Wildman–Crippen LogP) is 6.76. The van der Waals surface area contributed by atoms with Crippen LogP contribution in [0.15, 0.2) is 78.4 Å². The Kier molecular flexibility index (Phi) is 4.04. The first-order valence-electron chi connectivity index (χ1n) is 8.82. The maximum atomic E-state index is 2.39. The molecule has 0 saturated carbocycles. The Morgan fingerprint density at radius 3 is 2.17 bits per heavy atom. The Balaban J connectivity index is 1.66. The van der Waals surface area contributed by atoms with Crippen molar-refractivity contribution in [3.63, 3.8) is 0 Å². The second kappa shape index (κ2) is 6.49. The average Bonchev–Trinajstić information content (AvgIpc) is 3.05. The Bertz CT molecular complexity index is 868. The van der Waals surface area contributed by atoms with Gasteiger partial charge in [-0.05, 0) is 46.2 Å². The number of fused-ring (bicyclic) bond motifs is 1. The third-order valence-electron chi connectivity index (χ3n) is 4.85. The minimum absolute atomic E-state index is 1.11. The van der Waals surface area contributed by atoms with Crippen LogP contribution in [0.4, 0.5) is 0 Å². The molecule has 3 aromatic carbocycles. The molecule has 0 saturated heterocycles. The lowest BCUT2D eigenvalue weighted by Gasteiger charge is -2.10. The number of hydrogen-bond acceptors (Lipinski definition) is 0. The van der Waals surface area contributed by atoms with E-state index in [0.29, 0.717) is 0 Å². The normalized spacial score (nSPS) is 12.8. The van der Waals surface area contributed by atoms with Crippen LogP contribution in [-0.4, -0.2) is 0 Å². The van der Waals surface area contributed by atoms with Crippen LogP contribution >= 0.6 is 0 Å². The molecule has 0 radical (unpaired) electrons. The molecule has 0 amide bonds. The number of hydrogen-bond donors (Lipinski definition) is 0. The molecule has 24 heavy (non-hydrogen) atoms. The molecule has 0 heterocycles. The van der Waals surface area contributed by atoms with Gasteiger partial charge in [0.2, 0.25) is 0 Å². The molecule has 0 fully saturated rings. The predicted molar refractivity (Wildman–Crippen MR) is 104 cm³/mol. The van der Waals surface area contributed by atoms with E-state index in [1.807, 2.05) is 0 Å². The Labute approximate surface area is 144 Å². The van der Waals surface area contributed by atoms with E-state index in [4.69, 9.17) is 0 Å². The molecule has 0 heteroatoms. The summed E-state index contributed by atoms with van der Waals surface area (Å²) in [5.41, 5.74) is 9.72. The summed E-state index contributed by atoms with van der Waals surface area (Å²) in [6.45, 7) is 2.26. The van der Waals surface area contributed by atoms with Gasteiger partial charge < -0.3 is 0 Å². The molecule has 3 aromatic rings. The van der Waals surface area contributed by atoms with Crippen LogP contribution in [0.5, 0.6) is 0 Å². The molecular weight excluding hydrogens is 288 g/mol. The van der Waals surface area contributed by atoms with E-state index in [-0.39, 0.29) is 0 Å². The molecule has 0 N–H and O–H groups in total. The monoisotopic (exact) mass is 310 g/mol. The molecule has 0 bridgehead atoms. The number of rotatable bonds is 4. The fraction of sp³-hybridized carbons (Fsp3) is 0.167. The van der Waals surface area contributed by atoms with Crippen molar-refractivity contribution in [3.8, 4) is 22.3 Å². The summed E-state index contributed by atoms with van der Waals surface area (Å²) in [4.78, 5) is 0. The molecule has 0 nitrogen and oxygen atoms in total. The van der Waals surface area contributed by atoms with Gasteiger partial charge in [0.1, 0.15) is 0 Å². The largest absolute Gasteiger partial charge is 0.0652 e. The van der Waals surface area contributed by atoms with Crippen molar-refractivity contribution in [2.45, 2.75) is 26.2 Å². The summed E-state index contributed by atoms with van der Waals surface area (Å²) in [6, 6.07) is 26.3. The fourth-order valence-corrected chi connectivity index (χ4v) is 3.66. The quantitative estimate of drug-likeness (QED) is 0.499. The van der Waals surface area contributed by atoms with E-state index in [0.717, 1.165) is 6.42 Å². The Hall–Kier alpha value is -2.60. The second-order valence-corrected chi connectivity index (χ2v) is 6.55. The van der Waals surface area contributed by atoms with Crippen LogP contribution in [-0.2, 0) is 6.42 Å². The molecule has 118 valence electrons. The van der Waals surface area contributed by atoms with Crippen molar-refractivity contribution in [2.24, 2.45) is 0 Å². The minimum atomic E-state index is 1.11. The van der Waals surface area contributed by atoms with Gasteiger partial charge in [-0.25, -0.2) is 0 Å². The first kappa shape index (κ1) is 15.0. The maximum Gasteiger partial charge on any atom is -0.00517 e. The van der Waals surface area contributed by atoms with Crippen LogP contribution in [0.25, 0.3) is 28.3 Å². The summed E-state index contributed by atoms with van der Waals surface area (Å²) < 4.78 is 0. The van der Waals surface area contributed by atoms with Gasteiger partial charge in [0.15, 0.2) is 0 Å². The molecule has 0 unspecified atom stereocenters. The van der Waals surface area contributed by atoms with E-state index >= 15 is 0 Å². The molecule has 0 aliphatic heterocycles. The van der Waals surface area contributed by atoms with Crippen molar-refractivity contribution in [1.29, 1.82) is 0 Å². The van der Waals surface area contributed by atoms with Crippen molar-refractivity contribution >= 4 is 6.08 Å². The van der Waals surface area contributed by atoms with Gasteiger partial charge in [-0.3, -0.25) is 0 Å². The minimum Gasteiger partial charge on any atom is -0.0652 e. The van der Waals surface area contributed by atoms with Crippen LogP contribution in [0.3, 0.4) is 0 Å². The van der Waals surface area contributed by atoms with E-state index in [1.165, 1.54) is 46.2 Å². The lowest BCUT2D eigenvalue weighted by atomic mass is 9.94. The topological polar surface area (TPSA) is 0 Å². The van der Waals surface area contributed by atoms with Crippen LogP contribution in [0.1, 0.15) is 30.9 Å². The first-order valence-corrected chi connectivity index (χ1v) is 8.82. The van der Waals surface area contributed by atoms with Crippen molar-refractivity contribution in [1.82, 2.24) is 0 Å².